The van der Waals surface area contributed by atoms with E-state index in [1.165, 1.54) is 0 Å². The van der Waals surface area contributed by atoms with Crippen molar-refractivity contribution in [3.63, 3.8) is 0 Å². The molecule has 1 N–H and O–H groups in total. The number of aldehydes is 1. The summed E-state index contributed by atoms with van der Waals surface area (Å²) in [5.41, 5.74) is 3.72. The number of H-pyrrole nitrogens is 1. The summed E-state index contributed by atoms with van der Waals surface area (Å²) in [7, 11) is 1.58. The number of ether oxygens (including phenoxy) is 1. The van der Waals surface area contributed by atoms with Gasteiger partial charge in [-0.05, 0) is 36.8 Å². The van der Waals surface area contributed by atoms with Crippen LogP contribution in [0.15, 0.2) is 30.3 Å². The minimum atomic E-state index is 0.565. The first kappa shape index (κ1) is 14.9. The number of nitrogens with one attached hydrogen (secondary N) is 1. The Labute approximate surface area is 137 Å². The second-order valence-corrected chi connectivity index (χ2v) is 5.81. The lowest BCUT2D eigenvalue weighted by Gasteiger charge is -2.08. The SMILES string of the molecule is COc1ccc(Cl)cc1-c1[nH]c2c(C)c(Cl)ccc2c1C=O. The van der Waals surface area contributed by atoms with Gasteiger partial charge in [-0.25, -0.2) is 0 Å². The molecule has 0 amide bonds. The van der Waals surface area contributed by atoms with Crippen molar-refractivity contribution in [3.8, 4) is 17.0 Å². The van der Waals surface area contributed by atoms with Crippen LogP contribution in [-0.2, 0) is 0 Å². The smallest absolute Gasteiger partial charge is 0.152 e. The van der Waals surface area contributed by atoms with Crippen LogP contribution in [-0.4, -0.2) is 18.4 Å². The number of aromatic amines is 1. The number of carbonyl (C=O) groups excluding carboxylic acids is 1. The van der Waals surface area contributed by atoms with E-state index < -0.39 is 0 Å². The van der Waals surface area contributed by atoms with Crippen LogP contribution in [0.3, 0.4) is 0 Å². The molecule has 0 unspecified atom stereocenters. The van der Waals surface area contributed by atoms with Crippen molar-refractivity contribution in [3.05, 3.63) is 51.5 Å². The van der Waals surface area contributed by atoms with Gasteiger partial charge in [-0.2, -0.15) is 0 Å². The van der Waals surface area contributed by atoms with E-state index in [9.17, 15) is 4.79 Å². The van der Waals surface area contributed by atoms with Crippen LogP contribution in [0.1, 0.15) is 15.9 Å². The Morgan fingerprint density at radius 2 is 1.95 bits per heavy atom. The topological polar surface area (TPSA) is 42.1 Å². The molecule has 22 heavy (non-hydrogen) atoms. The van der Waals surface area contributed by atoms with E-state index in [1.54, 1.807) is 31.4 Å². The molecule has 0 fully saturated rings. The highest BCUT2D eigenvalue weighted by Crippen LogP contribution is 2.38. The highest BCUT2D eigenvalue weighted by Gasteiger charge is 2.18. The van der Waals surface area contributed by atoms with Crippen LogP contribution in [0.25, 0.3) is 22.2 Å². The lowest BCUT2D eigenvalue weighted by molar-refractivity contribution is 0.112. The molecule has 0 radical (unpaired) electrons. The first-order chi connectivity index (χ1) is 10.6. The summed E-state index contributed by atoms with van der Waals surface area (Å²) in [6.07, 6.45) is 0.835. The largest absolute Gasteiger partial charge is 0.496 e. The van der Waals surface area contributed by atoms with Crippen LogP contribution in [0.5, 0.6) is 5.75 Å². The molecule has 0 atom stereocenters. The zero-order valence-electron chi connectivity index (χ0n) is 12.0. The molecule has 0 saturated carbocycles. The summed E-state index contributed by atoms with van der Waals surface area (Å²) >= 11 is 12.3. The van der Waals surface area contributed by atoms with Crippen molar-refractivity contribution in [2.45, 2.75) is 6.92 Å². The van der Waals surface area contributed by atoms with Gasteiger partial charge in [0.25, 0.3) is 0 Å². The number of hydrogen-bond acceptors (Lipinski definition) is 2. The lowest BCUT2D eigenvalue weighted by atomic mass is 10.0. The van der Waals surface area contributed by atoms with Crippen LogP contribution >= 0.6 is 23.2 Å². The fraction of sp³-hybridized carbons (Fsp3) is 0.118. The molecule has 2 aromatic carbocycles. The third-order valence-corrected chi connectivity index (χ3v) is 4.40. The van der Waals surface area contributed by atoms with Crippen LogP contribution < -0.4 is 4.74 Å². The average Bonchev–Trinajstić information content (AvgIpc) is 2.90. The molecule has 1 heterocycles. The Balaban J connectivity index is 2.39. The van der Waals surface area contributed by atoms with Crippen molar-refractivity contribution in [1.29, 1.82) is 0 Å². The molecule has 3 aromatic rings. The molecule has 3 rings (SSSR count). The highest BCUT2D eigenvalue weighted by molar-refractivity contribution is 6.32. The Morgan fingerprint density at radius 3 is 2.64 bits per heavy atom. The summed E-state index contributed by atoms with van der Waals surface area (Å²) < 4.78 is 5.38. The molecule has 1 aromatic heterocycles. The van der Waals surface area contributed by atoms with Crippen molar-refractivity contribution >= 4 is 40.4 Å². The molecule has 0 spiro atoms. The number of aryl methyl sites for hydroxylation is 1. The van der Waals surface area contributed by atoms with Crippen molar-refractivity contribution < 1.29 is 9.53 Å². The zero-order chi connectivity index (χ0) is 15.9. The standard InChI is InChI=1S/C17H13Cl2NO2/c1-9-14(19)5-4-11-13(8-21)17(20-16(9)11)12-7-10(18)3-6-15(12)22-2/h3-8,20H,1-2H3. The van der Waals surface area contributed by atoms with E-state index in [-0.39, 0.29) is 0 Å². The summed E-state index contributed by atoms with van der Waals surface area (Å²) in [5, 5.41) is 2.05. The van der Waals surface area contributed by atoms with E-state index >= 15 is 0 Å². The van der Waals surface area contributed by atoms with Crippen molar-refractivity contribution in [2.75, 3.05) is 7.11 Å². The number of halogens is 2. The van der Waals surface area contributed by atoms with Gasteiger partial charge in [-0.15, -0.1) is 0 Å². The van der Waals surface area contributed by atoms with Gasteiger partial charge in [0.15, 0.2) is 6.29 Å². The molecular weight excluding hydrogens is 321 g/mol. The lowest BCUT2D eigenvalue weighted by Crippen LogP contribution is -1.91. The van der Waals surface area contributed by atoms with Gasteiger partial charge in [-0.3, -0.25) is 4.79 Å². The minimum Gasteiger partial charge on any atom is -0.496 e. The number of benzene rings is 2. The Kier molecular flexibility index (Phi) is 3.85. The molecule has 0 saturated heterocycles. The summed E-state index contributed by atoms with van der Waals surface area (Å²) in [5.74, 6) is 0.641. The third-order valence-electron chi connectivity index (χ3n) is 3.76. The van der Waals surface area contributed by atoms with E-state index in [2.05, 4.69) is 4.98 Å². The van der Waals surface area contributed by atoms with E-state index in [0.717, 1.165) is 28.3 Å². The van der Waals surface area contributed by atoms with E-state index in [1.807, 2.05) is 13.0 Å². The van der Waals surface area contributed by atoms with Crippen LogP contribution in [0.4, 0.5) is 0 Å². The molecule has 3 nitrogen and oxygen atoms in total. The van der Waals surface area contributed by atoms with E-state index in [4.69, 9.17) is 27.9 Å². The minimum absolute atomic E-state index is 0.565. The van der Waals surface area contributed by atoms with Crippen LogP contribution in [0.2, 0.25) is 10.0 Å². The average molecular weight is 334 g/mol. The molecular formula is C17H13Cl2NO2. The Morgan fingerprint density at radius 1 is 1.18 bits per heavy atom. The normalized spacial score (nSPS) is 10.9. The molecule has 0 aliphatic rings. The molecule has 0 aliphatic carbocycles. The monoisotopic (exact) mass is 333 g/mol. The summed E-state index contributed by atoms with van der Waals surface area (Å²) in [4.78, 5) is 14.9. The predicted octanol–water partition coefficient (Wildman–Crippen LogP) is 5.27. The zero-order valence-corrected chi connectivity index (χ0v) is 13.5. The maximum atomic E-state index is 11.6. The molecule has 0 aliphatic heterocycles. The number of rotatable bonds is 3. The first-order valence-corrected chi connectivity index (χ1v) is 7.42. The van der Waals surface area contributed by atoms with Gasteiger partial charge in [-0.1, -0.05) is 29.3 Å². The first-order valence-electron chi connectivity index (χ1n) is 6.66. The number of carbonyl (C=O) groups is 1. The predicted molar refractivity (Wildman–Crippen MR) is 90.4 cm³/mol. The van der Waals surface area contributed by atoms with E-state index in [0.29, 0.717) is 27.1 Å². The van der Waals surface area contributed by atoms with Crippen molar-refractivity contribution in [1.82, 2.24) is 4.98 Å². The van der Waals surface area contributed by atoms with Gasteiger partial charge >= 0.3 is 0 Å². The van der Waals surface area contributed by atoms with Gasteiger partial charge in [0.2, 0.25) is 0 Å². The maximum Gasteiger partial charge on any atom is 0.152 e. The van der Waals surface area contributed by atoms with Gasteiger partial charge < -0.3 is 9.72 Å². The number of fused-ring (bicyclic) bond motifs is 1. The second-order valence-electron chi connectivity index (χ2n) is 4.97. The van der Waals surface area contributed by atoms with Crippen molar-refractivity contribution in [2.24, 2.45) is 0 Å². The third kappa shape index (κ3) is 2.27. The Hall–Kier alpha value is -1.97. The van der Waals surface area contributed by atoms with Crippen LogP contribution in [0, 0.1) is 6.92 Å². The fourth-order valence-electron chi connectivity index (χ4n) is 2.61. The van der Waals surface area contributed by atoms with Gasteiger partial charge in [0, 0.05) is 26.6 Å². The number of aromatic nitrogens is 1. The summed E-state index contributed by atoms with van der Waals surface area (Å²) in [6.45, 7) is 1.91. The molecule has 112 valence electrons. The Bertz CT molecular complexity index is 884. The number of hydrogen-bond donors (Lipinski definition) is 1. The summed E-state index contributed by atoms with van der Waals surface area (Å²) in [6, 6.07) is 8.92. The number of methoxy groups -OCH3 is 1. The van der Waals surface area contributed by atoms with Gasteiger partial charge in [0.1, 0.15) is 5.75 Å². The maximum absolute atomic E-state index is 11.6. The quantitative estimate of drug-likeness (QED) is 0.663. The molecule has 0 bridgehead atoms. The van der Waals surface area contributed by atoms with Gasteiger partial charge in [0.05, 0.1) is 18.3 Å². The fourth-order valence-corrected chi connectivity index (χ4v) is 2.94. The molecule has 5 heteroatoms. The second kappa shape index (κ2) is 5.67. The highest BCUT2D eigenvalue weighted by atomic mass is 35.5.